The van der Waals surface area contributed by atoms with Crippen LogP contribution in [0.4, 0.5) is 10.3 Å². The van der Waals surface area contributed by atoms with E-state index in [-0.39, 0.29) is 5.82 Å². The summed E-state index contributed by atoms with van der Waals surface area (Å²) in [6, 6.07) is 23.9. The summed E-state index contributed by atoms with van der Waals surface area (Å²) in [5.74, 6) is 0.864. The van der Waals surface area contributed by atoms with E-state index in [1.807, 2.05) is 54.6 Å². The maximum Gasteiger partial charge on any atom is 0.223 e. The van der Waals surface area contributed by atoms with Gasteiger partial charge in [0.05, 0.1) is 11.1 Å². The van der Waals surface area contributed by atoms with Crippen molar-refractivity contribution >= 4 is 16.9 Å². The first-order valence-corrected chi connectivity index (χ1v) is 9.53. The molecule has 3 aromatic carbocycles. The molecule has 0 aliphatic heterocycles. The molecule has 2 aromatic heterocycles. The van der Waals surface area contributed by atoms with Gasteiger partial charge in [0.15, 0.2) is 5.76 Å². The fourth-order valence-electron chi connectivity index (χ4n) is 3.29. The van der Waals surface area contributed by atoms with Crippen molar-refractivity contribution in [3.8, 4) is 22.6 Å². The van der Waals surface area contributed by atoms with Gasteiger partial charge in [0, 0.05) is 23.9 Å². The zero-order valence-electron chi connectivity index (χ0n) is 15.9. The number of hydrogen-bond acceptors (Lipinski definition) is 5. The quantitative estimate of drug-likeness (QED) is 0.413. The Balaban J connectivity index is 1.46. The van der Waals surface area contributed by atoms with Crippen molar-refractivity contribution < 1.29 is 8.91 Å². The zero-order valence-corrected chi connectivity index (χ0v) is 15.9. The smallest absolute Gasteiger partial charge is 0.223 e. The van der Waals surface area contributed by atoms with E-state index < -0.39 is 0 Å². The van der Waals surface area contributed by atoms with Gasteiger partial charge in [-0.15, -0.1) is 0 Å². The van der Waals surface area contributed by atoms with Crippen molar-refractivity contribution in [3.05, 3.63) is 96.4 Å². The molecule has 0 unspecified atom stereocenters. The van der Waals surface area contributed by atoms with Crippen molar-refractivity contribution in [1.82, 2.24) is 15.1 Å². The molecule has 146 valence electrons. The van der Waals surface area contributed by atoms with E-state index >= 15 is 0 Å². The molecule has 0 saturated heterocycles. The van der Waals surface area contributed by atoms with Crippen LogP contribution in [0.25, 0.3) is 33.5 Å². The minimum Gasteiger partial charge on any atom is -0.355 e. The van der Waals surface area contributed by atoms with Crippen molar-refractivity contribution in [2.45, 2.75) is 6.54 Å². The maximum absolute atomic E-state index is 13.3. The third kappa shape index (κ3) is 3.63. The molecular formula is C24H17FN4O. The van der Waals surface area contributed by atoms with Gasteiger partial charge >= 0.3 is 0 Å². The van der Waals surface area contributed by atoms with Crippen LogP contribution in [0.15, 0.2) is 89.6 Å². The van der Waals surface area contributed by atoms with Crippen LogP contribution in [0.3, 0.4) is 0 Å². The second-order valence-electron chi connectivity index (χ2n) is 6.86. The van der Waals surface area contributed by atoms with Gasteiger partial charge in [0.1, 0.15) is 11.3 Å². The summed E-state index contributed by atoms with van der Waals surface area (Å²) in [7, 11) is 0. The van der Waals surface area contributed by atoms with E-state index in [0.717, 1.165) is 33.3 Å². The number of benzene rings is 3. The molecule has 30 heavy (non-hydrogen) atoms. The van der Waals surface area contributed by atoms with Crippen LogP contribution in [-0.4, -0.2) is 15.1 Å². The molecule has 0 bridgehead atoms. The Morgan fingerprint density at radius 1 is 0.867 bits per heavy atom. The first-order chi connectivity index (χ1) is 14.8. The lowest BCUT2D eigenvalue weighted by atomic mass is 10.0. The lowest BCUT2D eigenvalue weighted by molar-refractivity contribution is 0.441. The summed E-state index contributed by atoms with van der Waals surface area (Å²) in [5, 5.41) is 8.22. The van der Waals surface area contributed by atoms with E-state index in [1.54, 1.807) is 18.3 Å². The molecule has 5 nitrogen and oxygen atoms in total. The molecule has 0 aliphatic carbocycles. The number of hydrogen-bond donors (Lipinski definition) is 1. The molecular weight excluding hydrogens is 379 g/mol. The third-order valence-corrected chi connectivity index (χ3v) is 4.83. The first kappa shape index (κ1) is 18.0. The van der Waals surface area contributed by atoms with Crippen LogP contribution in [0.1, 0.15) is 5.56 Å². The van der Waals surface area contributed by atoms with E-state index in [1.165, 1.54) is 12.1 Å². The van der Waals surface area contributed by atoms with E-state index in [9.17, 15) is 4.39 Å². The Labute approximate surface area is 172 Å². The summed E-state index contributed by atoms with van der Waals surface area (Å²) in [5.41, 5.74) is 4.35. The van der Waals surface area contributed by atoms with E-state index in [4.69, 9.17) is 4.52 Å². The van der Waals surface area contributed by atoms with Gasteiger partial charge in [0.2, 0.25) is 5.95 Å². The van der Waals surface area contributed by atoms with Crippen molar-refractivity contribution in [2.75, 3.05) is 5.32 Å². The summed E-state index contributed by atoms with van der Waals surface area (Å²) in [6.07, 6.45) is 1.73. The number of fused-ring (bicyclic) bond motifs is 1. The third-order valence-electron chi connectivity index (χ3n) is 4.83. The van der Waals surface area contributed by atoms with Gasteiger partial charge in [-0.25, -0.2) is 14.4 Å². The zero-order chi connectivity index (χ0) is 20.3. The Hall–Kier alpha value is -4.06. The first-order valence-electron chi connectivity index (χ1n) is 9.53. The minimum atomic E-state index is -0.292. The Morgan fingerprint density at radius 3 is 2.50 bits per heavy atom. The molecule has 2 heterocycles. The number of nitrogens with zero attached hydrogens (tertiary/aromatic N) is 3. The van der Waals surface area contributed by atoms with Crippen LogP contribution >= 0.6 is 0 Å². The van der Waals surface area contributed by atoms with Gasteiger partial charge in [0.25, 0.3) is 0 Å². The van der Waals surface area contributed by atoms with Gasteiger partial charge in [-0.3, -0.25) is 0 Å². The fourth-order valence-corrected chi connectivity index (χ4v) is 3.29. The highest BCUT2D eigenvalue weighted by Gasteiger charge is 2.13. The van der Waals surface area contributed by atoms with Gasteiger partial charge in [-0.1, -0.05) is 41.6 Å². The number of halogens is 1. The van der Waals surface area contributed by atoms with Gasteiger partial charge in [-0.2, -0.15) is 0 Å². The van der Waals surface area contributed by atoms with Crippen LogP contribution in [-0.2, 0) is 6.54 Å². The van der Waals surface area contributed by atoms with Crippen LogP contribution in [0, 0.1) is 5.82 Å². The van der Waals surface area contributed by atoms with Crippen LogP contribution in [0.2, 0.25) is 0 Å². The highest BCUT2D eigenvalue weighted by atomic mass is 19.1. The average Bonchev–Trinajstić information content (AvgIpc) is 3.22. The number of anilines is 1. The highest BCUT2D eigenvalue weighted by molar-refractivity contribution is 5.94. The fraction of sp³-hybridized carbons (Fsp3) is 0.0417. The monoisotopic (exact) mass is 396 g/mol. The lowest BCUT2D eigenvalue weighted by Crippen LogP contribution is -2.03. The van der Waals surface area contributed by atoms with E-state index in [0.29, 0.717) is 18.3 Å². The molecule has 0 fully saturated rings. The number of nitrogens with one attached hydrogen (secondary N) is 1. The molecule has 1 N–H and O–H groups in total. The molecule has 0 saturated carbocycles. The van der Waals surface area contributed by atoms with Crippen molar-refractivity contribution in [1.29, 1.82) is 0 Å². The maximum atomic E-state index is 13.3. The Morgan fingerprint density at radius 2 is 1.67 bits per heavy atom. The van der Waals surface area contributed by atoms with Gasteiger partial charge < -0.3 is 9.84 Å². The number of aromatic nitrogens is 3. The topological polar surface area (TPSA) is 63.8 Å². The highest BCUT2D eigenvalue weighted by Crippen LogP contribution is 2.32. The second kappa shape index (κ2) is 7.75. The predicted molar refractivity (Wildman–Crippen MR) is 114 cm³/mol. The summed E-state index contributed by atoms with van der Waals surface area (Å²) in [6.45, 7) is 0.643. The molecule has 0 radical (unpaired) electrons. The SMILES string of the molecule is Fc1ccc(-c2onc3ccc(-c4ccnc(NCc5ccccc5)n4)cc23)cc1. The lowest BCUT2D eigenvalue weighted by Gasteiger charge is -2.07. The molecule has 6 heteroatoms. The van der Waals surface area contributed by atoms with E-state index in [2.05, 4.69) is 20.4 Å². The molecule has 0 spiro atoms. The summed E-state index contributed by atoms with van der Waals surface area (Å²) < 4.78 is 18.8. The van der Waals surface area contributed by atoms with Gasteiger partial charge in [-0.05, 0) is 48.0 Å². The molecule has 0 atom stereocenters. The van der Waals surface area contributed by atoms with Crippen molar-refractivity contribution in [3.63, 3.8) is 0 Å². The molecule has 0 amide bonds. The summed E-state index contributed by atoms with van der Waals surface area (Å²) >= 11 is 0. The second-order valence-corrected chi connectivity index (χ2v) is 6.86. The molecule has 0 aliphatic rings. The Kier molecular flexibility index (Phi) is 4.65. The van der Waals surface area contributed by atoms with Crippen molar-refractivity contribution in [2.24, 2.45) is 0 Å². The van der Waals surface area contributed by atoms with Crippen LogP contribution < -0.4 is 5.32 Å². The standard InChI is InChI=1S/C24H17FN4O/c25-19-9-6-17(7-10-19)23-20-14-18(8-11-22(20)29-30-23)21-12-13-26-24(28-21)27-15-16-4-2-1-3-5-16/h1-14H,15H2,(H,26,27,28). The Bertz CT molecular complexity index is 1300. The van der Waals surface area contributed by atoms with Crippen LogP contribution in [0.5, 0.6) is 0 Å². The average molecular weight is 396 g/mol. The largest absolute Gasteiger partial charge is 0.355 e. The molecule has 5 aromatic rings. The molecule has 5 rings (SSSR count). The summed E-state index contributed by atoms with van der Waals surface area (Å²) in [4.78, 5) is 8.96. The predicted octanol–water partition coefficient (Wildman–Crippen LogP) is 5.70. The number of rotatable bonds is 5. The minimum absolute atomic E-state index is 0.292. The normalized spacial score (nSPS) is 11.0.